The first-order valence-corrected chi connectivity index (χ1v) is 12.7. The Morgan fingerprint density at radius 1 is 0.909 bits per heavy atom. The molecule has 0 atom stereocenters. The molecule has 3 aromatic rings. The molecule has 0 saturated heterocycles. The summed E-state index contributed by atoms with van der Waals surface area (Å²) in [6.07, 6.45) is 0. The number of benzene rings is 3. The highest BCUT2D eigenvalue weighted by molar-refractivity contribution is 9.15. The van der Waals surface area contributed by atoms with E-state index >= 15 is 0 Å². The number of hydrogen-bond donors (Lipinski definition) is 1. The van der Waals surface area contributed by atoms with E-state index in [1.54, 1.807) is 30.3 Å². The van der Waals surface area contributed by atoms with Crippen LogP contribution >= 0.6 is 75.3 Å². The van der Waals surface area contributed by atoms with Crippen molar-refractivity contribution >= 4 is 104 Å². The fourth-order valence-electron chi connectivity index (χ4n) is 3.40. The Morgan fingerprint density at radius 3 is 2.06 bits per heavy atom. The Morgan fingerprint density at radius 2 is 1.48 bits per heavy atom. The molecule has 0 bridgehead atoms. The summed E-state index contributed by atoms with van der Waals surface area (Å²) in [6.45, 7) is 0. The van der Waals surface area contributed by atoms with Crippen molar-refractivity contribution in [1.29, 1.82) is 0 Å². The quantitative estimate of drug-likeness (QED) is 0.173. The first-order valence-electron chi connectivity index (χ1n) is 9.16. The maximum atomic E-state index is 13.4. The standard InChI is InChI=1S/C22H11Br4ClN2O4/c1-33-13-7-6-9(27)8-11(13)28-20(30)10-4-2-3-5-12(10)29-21(31)14-15(22(29)32)17(24)19(26)18(25)16(14)23/h2-8H,1H3,(H,28,30). The summed E-state index contributed by atoms with van der Waals surface area (Å²) in [4.78, 5) is 40.9. The van der Waals surface area contributed by atoms with E-state index in [1.807, 2.05) is 0 Å². The summed E-state index contributed by atoms with van der Waals surface area (Å²) in [6, 6.07) is 11.2. The van der Waals surface area contributed by atoms with Crippen molar-refractivity contribution in [2.45, 2.75) is 0 Å². The van der Waals surface area contributed by atoms with Gasteiger partial charge in [-0.05, 0) is 94.1 Å². The minimum atomic E-state index is -0.559. The van der Waals surface area contributed by atoms with Crippen LogP contribution < -0.4 is 15.0 Å². The third-order valence-corrected chi connectivity index (χ3v) is 9.90. The van der Waals surface area contributed by atoms with Crippen molar-refractivity contribution in [2.75, 3.05) is 17.3 Å². The molecule has 33 heavy (non-hydrogen) atoms. The third kappa shape index (κ3) is 4.16. The Kier molecular flexibility index (Phi) is 7.02. The van der Waals surface area contributed by atoms with Gasteiger partial charge in [-0.2, -0.15) is 0 Å². The highest BCUT2D eigenvalue weighted by atomic mass is 79.9. The van der Waals surface area contributed by atoms with Gasteiger partial charge >= 0.3 is 0 Å². The number of ether oxygens (including phenoxy) is 1. The van der Waals surface area contributed by atoms with Gasteiger partial charge in [-0.1, -0.05) is 23.7 Å². The van der Waals surface area contributed by atoms with Gasteiger partial charge in [0.05, 0.1) is 35.2 Å². The minimum absolute atomic E-state index is 0.124. The number of carbonyl (C=O) groups excluding carboxylic acids is 3. The number of carbonyl (C=O) groups is 3. The summed E-state index contributed by atoms with van der Waals surface area (Å²) in [5, 5.41) is 3.15. The molecule has 3 amide bonds. The number of imide groups is 1. The molecule has 0 aromatic heterocycles. The fourth-order valence-corrected chi connectivity index (χ4v) is 6.03. The molecule has 0 saturated carbocycles. The predicted octanol–water partition coefficient (Wildman–Crippen LogP) is 7.45. The highest BCUT2D eigenvalue weighted by Gasteiger charge is 2.43. The third-order valence-electron chi connectivity index (χ3n) is 4.90. The smallest absolute Gasteiger partial charge is 0.267 e. The van der Waals surface area contributed by atoms with Crippen LogP contribution in [0.15, 0.2) is 60.4 Å². The topological polar surface area (TPSA) is 75.7 Å². The Hall–Kier alpha value is -1.72. The van der Waals surface area contributed by atoms with Gasteiger partial charge < -0.3 is 10.1 Å². The van der Waals surface area contributed by atoms with Gasteiger partial charge in [0.15, 0.2) is 0 Å². The van der Waals surface area contributed by atoms with Crippen LogP contribution in [-0.2, 0) is 0 Å². The molecule has 1 heterocycles. The van der Waals surface area contributed by atoms with Crippen LogP contribution in [-0.4, -0.2) is 24.8 Å². The Bertz CT molecular complexity index is 1320. The number of anilines is 2. The molecule has 0 spiro atoms. The first kappa shape index (κ1) is 24.4. The lowest BCUT2D eigenvalue weighted by molar-refractivity contribution is 0.0925. The molecule has 11 heteroatoms. The summed E-state index contributed by atoms with van der Waals surface area (Å²) < 4.78 is 7.30. The van der Waals surface area contributed by atoms with Gasteiger partial charge in [-0.3, -0.25) is 14.4 Å². The average molecular weight is 722 g/mol. The summed E-state index contributed by atoms with van der Waals surface area (Å²) in [5.74, 6) is -1.25. The van der Waals surface area contributed by atoms with Crippen LogP contribution in [0, 0.1) is 0 Å². The zero-order valence-electron chi connectivity index (χ0n) is 16.5. The average Bonchev–Trinajstić information content (AvgIpc) is 3.06. The summed E-state index contributed by atoms with van der Waals surface area (Å²) in [7, 11) is 1.47. The van der Waals surface area contributed by atoms with Crippen molar-refractivity contribution < 1.29 is 19.1 Å². The number of nitrogens with one attached hydrogen (secondary N) is 1. The lowest BCUT2D eigenvalue weighted by Gasteiger charge is -2.18. The van der Waals surface area contributed by atoms with E-state index in [1.165, 1.54) is 19.2 Å². The van der Waals surface area contributed by atoms with Crippen molar-refractivity contribution in [1.82, 2.24) is 0 Å². The number of nitrogens with zero attached hydrogens (tertiary/aromatic N) is 1. The Labute approximate surface area is 227 Å². The highest BCUT2D eigenvalue weighted by Crippen LogP contribution is 2.46. The van der Waals surface area contributed by atoms with Gasteiger partial charge in [0, 0.05) is 22.9 Å². The van der Waals surface area contributed by atoms with Gasteiger partial charge in [-0.15, -0.1) is 0 Å². The van der Waals surface area contributed by atoms with E-state index in [-0.39, 0.29) is 22.4 Å². The van der Waals surface area contributed by atoms with E-state index in [4.69, 9.17) is 16.3 Å². The number of methoxy groups -OCH3 is 1. The zero-order valence-corrected chi connectivity index (χ0v) is 23.6. The normalized spacial score (nSPS) is 12.7. The minimum Gasteiger partial charge on any atom is -0.495 e. The molecule has 1 N–H and O–H groups in total. The van der Waals surface area contributed by atoms with Crippen LogP contribution in [0.1, 0.15) is 31.1 Å². The van der Waals surface area contributed by atoms with Gasteiger partial charge in [0.1, 0.15) is 5.75 Å². The fraction of sp³-hybridized carbons (Fsp3) is 0.0455. The lowest BCUT2D eigenvalue weighted by atomic mass is 10.1. The number of rotatable bonds is 4. The summed E-state index contributed by atoms with van der Waals surface area (Å²) in [5.41, 5.74) is 1.00. The van der Waals surface area contributed by atoms with Crippen LogP contribution in [0.5, 0.6) is 5.75 Å². The Balaban J connectivity index is 1.79. The van der Waals surface area contributed by atoms with E-state index in [9.17, 15) is 14.4 Å². The number of para-hydroxylation sites is 1. The lowest BCUT2D eigenvalue weighted by Crippen LogP contribution is -2.31. The van der Waals surface area contributed by atoms with E-state index < -0.39 is 17.7 Å². The largest absolute Gasteiger partial charge is 0.495 e. The molecule has 3 aromatic carbocycles. The molecule has 4 rings (SSSR count). The van der Waals surface area contributed by atoms with Gasteiger partial charge in [0.2, 0.25) is 0 Å². The molecule has 1 aliphatic heterocycles. The van der Waals surface area contributed by atoms with Crippen molar-refractivity contribution in [3.63, 3.8) is 0 Å². The number of hydrogen-bond acceptors (Lipinski definition) is 4. The summed E-state index contributed by atoms with van der Waals surface area (Å²) >= 11 is 19.7. The molecule has 0 radical (unpaired) electrons. The monoisotopic (exact) mass is 718 g/mol. The van der Waals surface area contributed by atoms with Gasteiger partial charge in [0.25, 0.3) is 17.7 Å². The molecular formula is C22H11Br4ClN2O4. The SMILES string of the molecule is COc1ccc(Cl)cc1NC(=O)c1ccccc1N1C(=O)c2c(Br)c(Br)c(Br)c(Br)c2C1=O. The number of fused-ring (bicyclic) bond motifs is 1. The second kappa shape index (κ2) is 9.50. The van der Waals surface area contributed by atoms with Crippen LogP contribution in [0.4, 0.5) is 11.4 Å². The van der Waals surface area contributed by atoms with Crippen molar-refractivity contribution in [2.24, 2.45) is 0 Å². The van der Waals surface area contributed by atoms with E-state index in [2.05, 4.69) is 69.0 Å². The molecule has 168 valence electrons. The second-order valence-corrected chi connectivity index (χ2v) is 10.4. The first-order chi connectivity index (χ1) is 15.7. The van der Waals surface area contributed by atoms with Crippen molar-refractivity contribution in [3.8, 4) is 5.75 Å². The van der Waals surface area contributed by atoms with Crippen LogP contribution in [0.3, 0.4) is 0 Å². The van der Waals surface area contributed by atoms with Crippen LogP contribution in [0.2, 0.25) is 5.02 Å². The van der Waals surface area contributed by atoms with Crippen molar-refractivity contribution in [3.05, 3.63) is 82.1 Å². The molecule has 1 aliphatic rings. The van der Waals surface area contributed by atoms with Gasteiger partial charge in [-0.25, -0.2) is 4.90 Å². The number of halogens is 5. The maximum absolute atomic E-state index is 13.4. The maximum Gasteiger partial charge on any atom is 0.267 e. The van der Waals surface area contributed by atoms with E-state index in [0.717, 1.165) is 4.90 Å². The zero-order chi connectivity index (χ0) is 24.0. The van der Waals surface area contributed by atoms with Crippen LogP contribution in [0.25, 0.3) is 0 Å². The molecule has 6 nitrogen and oxygen atoms in total. The number of amides is 3. The molecular weight excluding hydrogens is 711 g/mol. The molecule has 0 aliphatic carbocycles. The molecule has 0 unspecified atom stereocenters. The predicted molar refractivity (Wildman–Crippen MR) is 141 cm³/mol. The van der Waals surface area contributed by atoms with E-state index in [0.29, 0.717) is 34.4 Å². The molecule has 0 fully saturated rings. The second-order valence-electron chi connectivity index (χ2n) is 6.77.